The summed E-state index contributed by atoms with van der Waals surface area (Å²) in [5.41, 5.74) is 4.79. The summed E-state index contributed by atoms with van der Waals surface area (Å²) in [6, 6.07) is 13.9. The predicted octanol–water partition coefficient (Wildman–Crippen LogP) is 3.35. The Bertz CT molecular complexity index is 1300. The normalized spacial score (nSPS) is 11.1. The van der Waals surface area contributed by atoms with Crippen molar-refractivity contribution < 1.29 is 18.7 Å². The lowest BCUT2D eigenvalue weighted by Gasteiger charge is -2.07. The van der Waals surface area contributed by atoms with Crippen LogP contribution in [0.1, 0.15) is 27.5 Å². The zero-order valence-corrected chi connectivity index (χ0v) is 18.4. The Kier molecular flexibility index (Phi) is 6.70. The average molecular weight is 466 g/mol. The van der Waals surface area contributed by atoms with Crippen molar-refractivity contribution in [2.75, 3.05) is 6.61 Å². The quantitative estimate of drug-likeness (QED) is 0.306. The SMILES string of the molecule is Cc1nc2ccc(Cl)cn2c1C(=O)NN=Cc1ccc(OCC(=O)NCc2ccco2)cc1. The third-order valence-electron chi connectivity index (χ3n) is 4.64. The zero-order chi connectivity index (χ0) is 23.2. The number of pyridine rings is 1. The number of hydrogen-bond acceptors (Lipinski definition) is 6. The fourth-order valence-electron chi connectivity index (χ4n) is 3.08. The fourth-order valence-corrected chi connectivity index (χ4v) is 3.24. The fraction of sp³-hybridized carbons (Fsp3) is 0.130. The summed E-state index contributed by atoms with van der Waals surface area (Å²) in [6.45, 7) is 1.93. The number of amides is 2. The number of rotatable bonds is 8. The van der Waals surface area contributed by atoms with Gasteiger partial charge in [-0.3, -0.25) is 14.0 Å². The van der Waals surface area contributed by atoms with Crippen molar-refractivity contribution >= 4 is 35.3 Å². The Morgan fingerprint density at radius 2 is 2.03 bits per heavy atom. The molecule has 0 saturated heterocycles. The van der Waals surface area contributed by atoms with Crippen molar-refractivity contribution in [1.82, 2.24) is 20.1 Å². The molecule has 0 saturated carbocycles. The first-order valence-electron chi connectivity index (χ1n) is 9.99. The molecule has 2 amide bonds. The number of furan rings is 1. The highest BCUT2D eigenvalue weighted by atomic mass is 35.5. The molecule has 9 nitrogen and oxygen atoms in total. The van der Waals surface area contributed by atoms with Gasteiger partial charge in [-0.2, -0.15) is 5.10 Å². The minimum absolute atomic E-state index is 0.118. The van der Waals surface area contributed by atoms with Crippen molar-refractivity contribution in [3.63, 3.8) is 0 Å². The Hall–Kier alpha value is -4.11. The Morgan fingerprint density at radius 1 is 1.21 bits per heavy atom. The highest BCUT2D eigenvalue weighted by Gasteiger charge is 2.16. The largest absolute Gasteiger partial charge is 0.484 e. The standard InChI is InChI=1S/C23H20ClN5O4/c1-15-22(29-13-17(24)6-9-20(29)27-15)23(31)28-26-11-16-4-7-18(8-5-16)33-14-21(30)25-12-19-3-2-10-32-19/h2-11,13H,12,14H2,1H3,(H,25,30)(H,28,31). The van der Waals surface area contributed by atoms with Crippen LogP contribution in [0.4, 0.5) is 0 Å². The number of aromatic nitrogens is 2. The molecule has 0 fully saturated rings. The van der Waals surface area contributed by atoms with Gasteiger partial charge in [-0.25, -0.2) is 10.4 Å². The van der Waals surface area contributed by atoms with Gasteiger partial charge in [-0.1, -0.05) is 11.6 Å². The van der Waals surface area contributed by atoms with Crippen LogP contribution in [-0.2, 0) is 11.3 Å². The Morgan fingerprint density at radius 3 is 2.79 bits per heavy atom. The molecule has 168 valence electrons. The summed E-state index contributed by atoms with van der Waals surface area (Å²) in [6.07, 6.45) is 4.68. The van der Waals surface area contributed by atoms with E-state index in [-0.39, 0.29) is 12.5 Å². The third kappa shape index (κ3) is 5.58. The van der Waals surface area contributed by atoms with E-state index in [1.807, 2.05) is 0 Å². The maximum Gasteiger partial charge on any atom is 0.290 e. The molecular weight excluding hydrogens is 446 g/mol. The van der Waals surface area contributed by atoms with Crippen molar-refractivity contribution in [3.05, 3.63) is 88.7 Å². The number of hydrogen-bond donors (Lipinski definition) is 2. The molecule has 0 atom stereocenters. The molecule has 10 heteroatoms. The van der Waals surface area contributed by atoms with Crippen LogP contribution < -0.4 is 15.5 Å². The molecule has 0 bridgehead atoms. The van der Waals surface area contributed by atoms with Crippen LogP contribution in [0.3, 0.4) is 0 Å². The predicted molar refractivity (Wildman–Crippen MR) is 122 cm³/mol. The second-order valence-corrected chi connectivity index (χ2v) is 7.47. The second-order valence-electron chi connectivity index (χ2n) is 7.03. The molecular formula is C23H20ClN5O4. The van der Waals surface area contributed by atoms with Crippen molar-refractivity contribution in [1.29, 1.82) is 0 Å². The molecule has 2 N–H and O–H groups in total. The van der Waals surface area contributed by atoms with E-state index < -0.39 is 5.91 Å². The molecule has 0 aliphatic heterocycles. The monoisotopic (exact) mass is 465 g/mol. The highest BCUT2D eigenvalue weighted by Crippen LogP contribution is 2.16. The van der Waals surface area contributed by atoms with Crippen LogP contribution >= 0.6 is 11.6 Å². The minimum atomic E-state index is -0.404. The second kappa shape index (κ2) is 10.0. The van der Waals surface area contributed by atoms with E-state index in [1.54, 1.807) is 72.3 Å². The highest BCUT2D eigenvalue weighted by molar-refractivity contribution is 6.30. The Labute approximate surface area is 194 Å². The molecule has 3 heterocycles. The number of carbonyl (C=O) groups excluding carboxylic acids is 2. The zero-order valence-electron chi connectivity index (χ0n) is 17.6. The van der Waals surface area contributed by atoms with Gasteiger partial charge < -0.3 is 14.5 Å². The first-order chi connectivity index (χ1) is 16.0. The number of imidazole rings is 1. The number of carbonyl (C=O) groups is 2. The van der Waals surface area contributed by atoms with Gasteiger partial charge in [0.15, 0.2) is 6.61 Å². The molecule has 4 rings (SSSR count). The molecule has 0 radical (unpaired) electrons. The molecule has 3 aromatic heterocycles. The summed E-state index contributed by atoms with van der Waals surface area (Å²) in [5, 5.41) is 7.21. The number of nitrogens with zero attached hydrogens (tertiary/aromatic N) is 3. The summed E-state index contributed by atoms with van der Waals surface area (Å²) in [7, 11) is 0. The number of benzene rings is 1. The van der Waals surface area contributed by atoms with Gasteiger partial charge >= 0.3 is 0 Å². The topological polar surface area (TPSA) is 110 Å². The molecule has 33 heavy (non-hydrogen) atoms. The first kappa shape index (κ1) is 22.1. The smallest absolute Gasteiger partial charge is 0.290 e. The van der Waals surface area contributed by atoms with Gasteiger partial charge in [0.2, 0.25) is 0 Å². The van der Waals surface area contributed by atoms with Crippen LogP contribution in [0.5, 0.6) is 5.75 Å². The van der Waals surface area contributed by atoms with Crippen molar-refractivity contribution in [3.8, 4) is 5.75 Å². The summed E-state index contributed by atoms with van der Waals surface area (Å²) >= 11 is 6.03. The van der Waals surface area contributed by atoms with Crippen molar-refractivity contribution in [2.45, 2.75) is 13.5 Å². The van der Waals surface area contributed by atoms with Gasteiger partial charge in [-0.05, 0) is 61.0 Å². The van der Waals surface area contributed by atoms with Crippen LogP contribution in [0.15, 0.2) is 70.5 Å². The number of fused-ring (bicyclic) bond motifs is 1. The molecule has 0 aliphatic rings. The van der Waals surface area contributed by atoms with Gasteiger partial charge in [0.1, 0.15) is 22.9 Å². The minimum Gasteiger partial charge on any atom is -0.484 e. The lowest BCUT2D eigenvalue weighted by molar-refractivity contribution is -0.123. The summed E-state index contributed by atoms with van der Waals surface area (Å²) in [5.74, 6) is 0.532. The lowest BCUT2D eigenvalue weighted by atomic mass is 10.2. The maximum atomic E-state index is 12.6. The maximum absolute atomic E-state index is 12.6. The van der Waals surface area contributed by atoms with E-state index in [0.29, 0.717) is 40.1 Å². The van der Waals surface area contributed by atoms with E-state index in [4.69, 9.17) is 20.8 Å². The number of hydrazone groups is 1. The van der Waals surface area contributed by atoms with E-state index in [9.17, 15) is 9.59 Å². The van der Waals surface area contributed by atoms with Gasteiger partial charge in [0, 0.05) is 6.20 Å². The van der Waals surface area contributed by atoms with Crippen molar-refractivity contribution in [2.24, 2.45) is 5.10 Å². The number of nitrogens with one attached hydrogen (secondary N) is 2. The average Bonchev–Trinajstić information content (AvgIpc) is 3.44. The van der Waals surface area contributed by atoms with E-state index in [1.165, 1.54) is 6.21 Å². The number of ether oxygens (including phenoxy) is 1. The lowest BCUT2D eigenvalue weighted by Crippen LogP contribution is -2.28. The van der Waals surface area contributed by atoms with Gasteiger partial charge in [-0.15, -0.1) is 0 Å². The molecule has 0 unspecified atom stereocenters. The van der Waals surface area contributed by atoms with Crippen LogP contribution in [0.2, 0.25) is 5.02 Å². The van der Waals surface area contributed by atoms with E-state index >= 15 is 0 Å². The summed E-state index contributed by atoms with van der Waals surface area (Å²) in [4.78, 5) is 28.8. The van der Waals surface area contributed by atoms with Crippen LogP contribution in [-0.4, -0.2) is 34.0 Å². The third-order valence-corrected chi connectivity index (χ3v) is 4.87. The van der Waals surface area contributed by atoms with Gasteiger partial charge in [0.25, 0.3) is 11.8 Å². The molecule has 0 aliphatic carbocycles. The molecule has 4 aromatic rings. The number of aryl methyl sites for hydroxylation is 1. The van der Waals surface area contributed by atoms with E-state index in [2.05, 4.69) is 20.8 Å². The molecule has 1 aromatic carbocycles. The Balaban J connectivity index is 1.29. The van der Waals surface area contributed by atoms with Gasteiger partial charge in [0.05, 0.1) is 29.7 Å². The summed E-state index contributed by atoms with van der Waals surface area (Å²) < 4.78 is 12.2. The molecule has 0 spiro atoms. The van der Waals surface area contributed by atoms with Crippen LogP contribution in [0, 0.1) is 6.92 Å². The number of halogens is 1. The first-order valence-corrected chi connectivity index (χ1v) is 10.4. The van der Waals surface area contributed by atoms with E-state index in [0.717, 1.165) is 5.56 Å². The van der Waals surface area contributed by atoms with Crippen LogP contribution in [0.25, 0.3) is 5.65 Å².